The summed E-state index contributed by atoms with van der Waals surface area (Å²) in [4.78, 5) is 30.8. The van der Waals surface area contributed by atoms with Crippen molar-refractivity contribution in [3.05, 3.63) is 54.9 Å². The number of pyridine rings is 2. The third-order valence-electron chi connectivity index (χ3n) is 6.14. The molecule has 1 saturated heterocycles. The molecule has 0 aliphatic carbocycles. The first-order chi connectivity index (χ1) is 16.9. The SMILES string of the molecule is CCS(=O)(=O)c1ccc(Oc2cc3nc(-c4ccccn4)[nH]c3cc2N2CCCC2C(C)=O)cn1. The lowest BCUT2D eigenvalue weighted by Crippen LogP contribution is -2.34. The zero-order valence-electron chi connectivity index (χ0n) is 19.4. The van der Waals surface area contributed by atoms with Crippen LogP contribution in [0.4, 0.5) is 5.69 Å². The largest absolute Gasteiger partial charge is 0.453 e. The van der Waals surface area contributed by atoms with Gasteiger partial charge < -0.3 is 14.6 Å². The average molecular weight is 492 g/mol. The van der Waals surface area contributed by atoms with Crippen molar-refractivity contribution in [1.29, 1.82) is 0 Å². The molecular weight excluding hydrogens is 466 g/mol. The smallest absolute Gasteiger partial charge is 0.195 e. The van der Waals surface area contributed by atoms with Crippen LogP contribution in [0.1, 0.15) is 26.7 Å². The van der Waals surface area contributed by atoms with E-state index in [-0.39, 0.29) is 22.6 Å². The predicted molar refractivity (Wildman–Crippen MR) is 132 cm³/mol. The van der Waals surface area contributed by atoms with Crippen LogP contribution in [0.15, 0.2) is 59.9 Å². The van der Waals surface area contributed by atoms with Crippen LogP contribution in [0.3, 0.4) is 0 Å². The highest BCUT2D eigenvalue weighted by molar-refractivity contribution is 7.91. The van der Waals surface area contributed by atoms with E-state index in [4.69, 9.17) is 4.74 Å². The van der Waals surface area contributed by atoms with Gasteiger partial charge in [-0.05, 0) is 50.1 Å². The highest BCUT2D eigenvalue weighted by Crippen LogP contribution is 2.39. The molecule has 180 valence electrons. The van der Waals surface area contributed by atoms with E-state index in [0.717, 1.165) is 30.6 Å². The number of hydrogen-bond acceptors (Lipinski definition) is 8. The number of carbonyl (C=O) groups is 1. The molecule has 0 bridgehead atoms. The van der Waals surface area contributed by atoms with Crippen molar-refractivity contribution in [1.82, 2.24) is 19.9 Å². The molecule has 1 fully saturated rings. The summed E-state index contributed by atoms with van der Waals surface area (Å²) in [6.07, 6.45) is 4.78. The summed E-state index contributed by atoms with van der Waals surface area (Å²) in [6, 6.07) is 12.2. The van der Waals surface area contributed by atoms with Gasteiger partial charge in [-0.15, -0.1) is 0 Å². The second kappa shape index (κ2) is 9.10. The number of imidazole rings is 1. The van der Waals surface area contributed by atoms with Gasteiger partial charge >= 0.3 is 0 Å². The normalized spacial score (nSPS) is 16.1. The maximum Gasteiger partial charge on any atom is 0.195 e. The molecule has 35 heavy (non-hydrogen) atoms. The van der Waals surface area contributed by atoms with E-state index in [1.54, 1.807) is 26.1 Å². The number of carbonyl (C=O) groups excluding carboxylic acids is 1. The minimum atomic E-state index is -3.41. The number of fused-ring (bicyclic) bond motifs is 1. The summed E-state index contributed by atoms with van der Waals surface area (Å²) in [6.45, 7) is 3.90. The minimum Gasteiger partial charge on any atom is -0.453 e. The van der Waals surface area contributed by atoms with Gasteiger partial charge in [0, 0.05) is 18.8 Å². The topological polar surface area (TPSA) is 118 Å². The van der Waals surface area contributed by atoms with Gasteiger partial charge in [0.15, 0.2) is 32.2 Å². The number of nitrogens with one attached hydrogen (secondary N) is 1. The fourth-order valence-electron chi connectivity index (χ4n) is 4.32. The quantitative estimate of drug-likeness (QED) is 0.409. The summed E-state index contributed by atoms with van der Waals surface area (Å²) >= 11 is 0. The number of ether oxygens (including phenoxy) is 1. The van der Waals surface area contributed by atoms with Gasteiger partial charge in [-0.3, -0.25) is 9.78 Å². The number of Topliss-reactive ketones (excluding diaryl/α,β-unsaturated/α-hetero) is 1. The van der Waals surface area contributed by atoms with Gasteiger partial charge in [-0.1, -0.05) is 13.0 Å². The second-order valence-corrected chi connectivity index (χ2v) is 10.7. The highest BCUT2D eigenvalue weighted by atomic mass is 32.2. The van der Waals surface area contributed by atoms with Gasteiger partial charge in [0.2, 0.25) is 0 Å². The molecule has 1 aliphatic rings. The third kappa shape index (κ3) is 4.49. The summed E-state index contributed by atoms with van der Waals surface area (Å²) in [7, 11) is -3.41. The van der Waals surface area contributed by atoms with Crippen LogP contribution in [0.2, 0.25) is 0 Å². The number of aromatic nitrogens is 4. The highest BCUT2D eigenvalue weighted by Gasteiger charge is 2.31. The third-order valence-corrected chi connectivity index (χ3v) is 7.78. The Labute approximate surface area is 203 Å². The van der Waals surface area contributed by atoms with Crippen LogP contribution in [-0.4, -0.2) is 52.5 Å². The lowest BCUT2D eigenvalue weighted by atomic mass is 10.1. The number of anilines is 1. The second-order valence-electron chi connectivity index (χ2n) is 8.44. The van der Waals surface area contributed by atoms with Crippen LogP contribution in [-0.2, 0) is 14.6 Å². The van der Waals surface area contributed by atoms with Crippen molar-refractivity contribution in [2.45, 2.75) is 37.8 Å². The summed E-state index contributed by atoms with van der Waals surface area (Å²) in [5, 5.41) is 0.00603. The molecule has 0 amide bonds. The van der Waals surface area contributed by atoms with E-state index in [1.807, 2.05) is 30.3 Å². The van der Waals surface area contributed by atoms with Crippen molar-refractivity contribution in [2.75, 3.05) is 17.2 Å². The number of ketones is 1. The van der Waals surface area contributed by atoms with E-state index in [9.17, 15) is 13.2 Å². The number of H-pyrrole nitrogens is 1. The van der Waals surface area contributed by atoms with E-state index >= 15 is 0 Å². The first-order valence-corrected chi connectivity index (χ1v) is 13.1. The molecule has 5 rings (SSSR count). The van der Waals surface area contributed by atoms with Crippen LogP contribution < -0.4 is 9.64 Å². The lowest BCUT2D eigenvalue weighted by Gasteiger charge is -2.27. The summed E-state index contributed by atoms with van der Waals surface area (Å²) < 4.78 is 30.4. The fraction of sp³-hybridized carbons (Fsp3) is 0.280. The zero-order chi connectivity index (χ0) is 24.6. The first-order valence-electron chi connectivity index (χ1n) is 11.4. The Bertz CT molecular complexity index is 1480. The van der Waals surface area contributed by atoms with Crippen molar-refractivity contribution in [3.63, 3.8) is 0 Å². The minimum absolute atomic E-state index is 0.00603. The molecule has 1 atom stereocenters. The maximum absolute atomic E-state index is 12.3. The Morgan fingerprint density at radius 3 is 2.74 bits per heavy atom. The van der Waals surface area contributed by atoms with Crippen LogP contribution in [0.5, 0.6) is 11.5 Å². The summed E-state index contributed by atoms with van der Waals surface area (Å²) in [5.41, 5.74) is 2.95. The molecule has 1 unspecified atom stereocenters. The summed E-state index contributed by atoms with van der Waals surface area (Å²) in [5.74, 6) is 1.60. The first kappa shape index (κ1) is 23.0. The molecular formula is C25H25N5O4S. The van der Waals surface area contributed by atoms with Gasteiger partial charge in [-0.25, -0.2) is 18.4 Å². The molecule has 0 spiro atoms. The van der Waals surface area contributed by atoms with Gasteiger partial charge in [0.25, 0.3) is 0 Å². The van der Waals surface area contributed by atoms with E-state index in [2.05, 4.69) is 24.8 Å². The fourth-order valence-corrected chi connectivity index (χ4v) is 5.10. The molecule has 1 aromatic carbocycles. The number of nitrogens with zero attached hydrogens (tertiary/aromatic N) is 4. The Morgan fingerprint density at radius 1 is 1.20 bits per heavy atom. The van der Waals surface area contributed by atoms with Crippen molar-refractivity contribution in [3.8, 4) is 23.0 Å². The molecule has 3 aromatic heterocycles. The average Bonchev–Trinajstić information content (AvgIpc) is 3.52. The number of benzene rings is 1. The van der Waals surface area contributed by atoms with Gasteiger partial charge in [0.05, 0.1) is 34.7 Å². The molecule has 1 N–H and O–H groups in total. The molecule has 4 aromatic rings. The Kier molecular flexibility index (Phi) is 5.98. The van der Waals surface area contributed by atoms with Gasteiger partial charge in [0.1, 0.15) is 11.4 Å². The molecule has 0 saturated carbocycles. The van der Waals surface area contributed by atoms with E-state index in [0.29, 0.717) is 28.5 Å². The molecule has 4 heterocycles. The Morgan fingerprint density at radius 2 is 2.06 bits per heavy atom. The van der Waals surface area contributed by atoms with Crippen molar-refractivity contribution < 1.29 is 17.9 Å². The van der Waals surface area contributed by atoms with Crippen LogP contribution in [0.25, 0.3) is 22.6 Å². The maximum atomic E-state index is 12.3. The molecule has 1 aliphatic heterocycles. The Balaban J connectivity index is 1.58. The van der Waals surface area contributed by atoms with Crippen molar-refractivity contribution >= 4 is 32.3 Å². The van der Waals surface area contributed by atoms with Crippen molar-refractivity contribution in [2.24, 2.45) is 0 Å². The predicted octanol–water partition coefficient (Wildman–Crippen LogP) is 4.16. The number of aromatic amines is 1. The monoisotopic (exact) mass is 491 g/mol. The molecule has 0 radical (unpaired) electrons. The van der Waals surface area contributed by atoms with Crippen LogP contribution >= 0.6 is 0 Å². The Hall–Kier alpha value is -3.79. The lowest BCUT2D eigenvalue weighted by molar-refractivity contribution is -0.118. The number of hydrogen-bond donors (Lipinski definition) is 1. The molecule has 9 nitrogen and oxygen atoms in total. The van der Waals surface area contributed by atoms with E-state index < -0.39 is 9.84 Å². The number of rotatable bonds is 7. The van der Waals surface area contributed by atoms with Crippen LogP contribution in [0, 0.1) is 0 Å². The van der Waals surface area contributed by atoms with Gasteiger partial charge in [-0.2, -0.15) is 0 Å². The zero-order valence-corrected chi connectivity index (χ0v) is 20.2. The standard InChI is InChI=1S/C25H25N5O4S/c1-3-35(32,33)24-10-9-17(15-27-24)34-23-14-20-19(28-25(29-20)18-7-4-5-11-26-18)13-22(23)30-12-6-8-21(30)16(2)31/h4-5,7,9-11,13-15,21H,3,6,8,12H2,1-2H3,(H,28,29). The van der Waals surface area contributed by atoms with E-state index in [1.165, 1.54) is 12.3 Å². The molecule has 10 heteroatoms. The number of sulfone groups is 1.